The fourth-order valence-corrected chi connectivity index (χ4v) is 12.4. The van der Waals surface area contributed by atoms with E-state index in [0.717, 1.165) is 61.2 Å². The highest BCUT2D eigenvalue weighted by molar-refractivity contribution is 7.12. The first-order valence-corrected chi connectivity index (χ1v) is 22.6. The molecule has 0 aromatic carbocycles. The maximum absolute atomic E-state index is 15.0. The summed E-state index contributed by atoms with van der Waals surface area (Å²) in [6, 6.07) is 0.273. The number of ketones is 1. The molecule has 1 saturated carbocycles. The van der Waals surface area contributed by atoms with Crippen molar-refractivity contribution < 1.29 is 47.5 Å². The zero-order chi connectivity index (χ0) is 40.7. The van der Waals surface area contributed by atoms with Crippen LogP contribution in [0.4, 0.5) is 0 Å². The van der Waals surface area contributed by atoms with E-state index in [0.29, 0.717) is 6.42 Å². The Morgan fingerprint density at radius 3 is 2.33 bits per heavy atom. The van der Waals surface area contributed by atoms with Crippen molar-refractivity contribution in [1.29, 1.82) is 0 Å². The molecular weight excluding hydrogens is 749 g/mol. The number of esters is 1. The average Bonchev–Trinajstić information content (AvgIpc) is 3.91. The Labute approximate surface area is 343 Å². The standard InChI is InChI=1S/C44H68N2O10S/c1-11-25-13-12-14-33(56-35-16-15-32(45-7)23(5)52-35)22(4)38(48)30-19-28-27-17-26(55-44-41(51-10)40(50-9)39(49-8)24(6)53-44)18-31(27)42-37(46-43(57-42)21(2)3)36(28)29(30)20-34(47)54-25/h19,21-29,31-33,35-36,39-41,44-45H,11-18,20H2,1-10H3/t22-,23?,24?,25+,26+,27+,28+,29-,31?,32+,33+,35+,36?,39+,40?,41+,44+/m1/s1. The van der Waals surface area contributed by atoms with Gasteiger partial charge < -0.3 is 43.2 Å². The Hall–Kier alpha value is -1.81. The maximum atomic E-state index is 15.0. The van der Waals surface area contributed by atoms with Crippen LogP contribution in [-0.4, -0.2) is 113 Å². The smallest absolute Gasteiger partial charge is 0.306 e. The highest BCUT2D eigenvalue weighted by Crippen LogP contribution is 2.62. The summed E-state index contributed by atoms with van der Waals surface area (Å²) in [5, 5.41) is 4.44. The molecule has 0 bridgehead atoms. The van der Waals surface area contributed by atoms with Crippen LogP contribution in [0.2, 0.25) is 0 Å². The molecule has 0 amide bonds. The number of likely N-dealkylation sites (N-methyl/N-ethyl adjacent to an activating group) is 1. The number of fused-ring (bicyclic) bond motifs is 8. The number of allylic oxidation sites excluding steroid dienone is 2. The van der Waals surface area contributed by atoms with Gasteiger partial charge in [-0.25, -0.2) is 4.98 Å². The number of hydrogen-bond donors (Lipinski definition) is 1. The predicted octanol–water partition coefficient (Wildman–Crippen LogP) is 6.80. The van der Waals surface area contributed by atoms with Crippen molar-refractivity contribution in [2.75, 3.05) is 28.4 Å². The molecule has 3 aliphatic carbocycles. The summed E-state index contributed by atoms with van der Waals surface area (Å²) >= 11 is 1.80. The van der Waals surface area contributed by atoms with Crippen LogP contribution in [0.25, 0.3) is 0 Å². The lowest BCUT2D eigenvalue weighted by Gasteiger charge is -2.44. The van der Waals surface area contributed by atoms with E-state index in [1.54, 1.807) is 32.7 Å². The second-order valence-electron chi connectivity index (χ2n) is 17.8. The highest BCUT2D eigenvalue weighted by Gasteiger charge is 2.57. The van der Waals surface area contributed by atoms with Crippen molar-refractivity contribution in [3.8, 4) is 0 Å². The van der Waals surface area contributed by atoms with Gasteiger partial charge in [0.2, 0.25) is 0 Å². The van der Waals surface area contributed by atoms with Gasteiger partial charge in [0, 0.05) is 61.8 Å². The number of carbonyl (C=O) groups excluding carboxylic acids is 2. The lowest BCUT2D eigenvalue weighted by atomic mass is 9.67. The minimum atomic E-state index is -0.632. The van der Waals surface area contributed by atoms with Crippen molar-refractivity contribution in [1.82, 2.24) is 10.3 Å². The van der Waals surface area contributed by atoms with Gasteiger partial charge in [-0.2, -0.15) is 0 Å². The molecule has 3 aliphatic heterocycles. The monoisotopic (exact) mass is 816 g/mol. The molecule has 1 aromatic heterocycles. The number of nitrogens with one attached hydrogen (secondary N) is 1. The van der Waals surface area contributed by atoms with Gasteiger partial charge in [0.1, 0.15) is 24.4 Å². The van der Waals surface area contributed by atoms with E-state index in [4.69, 9.17) is 42.9 Å². The van der Waals surface area contributed by atoms with Crippen LogP contribution >= 0.6 is 11.3 Å². The molecule has 57 heavy (non-hydrogen) atoms. The fraction of sp³-hybridized carbons (Fsp3) is 0.841. The lowest BCUT2D eigenvalue weighted by molar-refractivity contribution is -0.314. The number of Topliss-reactive ketones (excluding diaryl/α,β-unsaturated/α-hetero) is 1. The predicted molar refractivity (Wildman–Crippen MR) is 215 cm³/mol. The summed E-state index contributed by atoms with van der Waals surface area (Å²) in [5.41, 5.74) is 1.78. The molecule has 4 fully saturated rings. The molecule has 320 valence electrons. The summed E-state index contributed by atoms with van der Waals surface area (Å²) in [6.07, 6.45) is 5.65. The average molecular weight is 817 g/mol. The summed E-state index contributed by atoms with van der Waals surface area (Å²) in [6.45, 7) is 12.5. The van der Waals surface area contributed by atoms with Crippen LogP contribution in [0.5, 0.6) is 0 Å². The number of cyclic esters (lactones) is 1. The van der Waals surface area contributed by atoms with E-state index < -0.39 is 18.3 Å². The first-order valence-electron chi connectivity index (χ1n) is 21.7. The summed E-state index contributed by atoms with van der Waals surface area (Å²) in [5.74, 6) is -0.365. The van der Waals surface area contributed by atoms with E-state index in [2.05, 4.69) is 39.1 Å². The lowest BCUT2D eigenvalue weighted by Crippen LogP contribution is -2.59. The van der Waals surface area contributed by atoms with Crippen LogP contribution in [0.15, 0.2) is 11.6 Å². The van der Waals surface area contributed by atoms with E-state index in [1.807, 2.05) is 20.9 Å². The van der Waals surface area contributed by atoms with Crippen molar-refractivity contribution >= 4 is 23.1 Å². The number of hydrogen-bond acceptors (Lipinski definition) is 13. The van der Waals surface area contributed by atoms with E-state index in [1.165, 1.54) is 4.88 Å². The van der Waals surface area contributed by atoms with Gasteiger partial charge >= 0.3 is 5.97 Å². The van der Waals surface area contributed by atoms with E-state index >= 15 is 4.79 Å². The molecule has 0 spiro atoms. The van der Waals surface area contributed by atoms with Crippen LogP contribution < -0.4 is 5.32 Å². The van der Waals surface area contributed by atoms with Crippen molar-refractivity contribution in [3.63, 3.8) is 0 Å². The van der Waals surface area contributed by atoms with Gasteiger partial charge in [0.05, 0.1) is 41.5 Å². The van der Waals surface area contributed by atoms with Gasteiger partial charge in [0.15, 0.2) is 18.4 Å². The second kappa shape index (κ2) is 18.4. The number of ether oxygens (including phenoxy) is 8. The van der Waals surface area contributed by atoms with Crippen molar-refractivity contribution in [3.05, 3.63) is 27.2 Å². The number of thiazole rings is 1. The molecule has 1 aromatic rings. The number of nitrogens with zero attached hydrogens (tertiary/aromatic N) is 1. The third-order valence-corrected chi connectivity index (χ3v) is 15.7. The summed E-state index contributed by atoms with van der Waals surface area (Å²) < 4.78 is 50.2. The fourth-order valence-electron chi connectivity index (χ4n) is 11.0. The largest absolute Gasteiger partial charge is 0.462 e. The third-order valence-electron chi connectivity index (χ3n) is 14.2. The molecule has 12 nitrogen and oxygen atoms in total. The normalized spacial score (nSPS) is 42.6. The highest BCUT2D eigenvalue weighted by atomic mass is 32.1. The Morgan fingerprint density at radius 2 is 1.67 bits per heavy atom. The van der Waals surface area contributed by atoms with Crippen LogP contribution in [0.1, 0.15) is 133 Å². The molecule has 1 N–H and O–H groups in total. The van der Waals surface area contributed by atoms with Gasteiger partial charge in [-0.15, -0.1) is 11.3 Å². The maximum Gasteiger partial charge on any atom is 0.306 e. The van der Waals surface area contributed by atoms with Gasteiger partial charge in [-0.05, 0) is 89.7 Å². The first kappa shape index (κ1) is 43.3. The van der Waals surface area contributed by atoms with Crippen molar-refractivity contribution in [2.24, 2.45) is 23.7 Å². The minimum Gasteiger partial charge on any atom is -0.462 e. The molecule has 7 rings (SSSR count). The Morgan fingerprint density at radius 1 is 0.912 bits per heavy atom. The Bertz CT molecular complexity index is 1590. The molecule has 6 aliphatic rings. The summed E-state index contributed by atoms with van der Waals surface area (Å²) in [4.78, 5) is 35.6. The van der Waals surface area contributed by atoms with E-state index in [9.17, 15) is 4.79 Å². The number of rotatable bonds is 10. The topological polar surface area (TPSA) is 133 Å². The quantitative estimate of drug-likeness (QED) is 0.249. The number of aromatic nitrogens is 1. The third kappa shape index (κ3) is 8.58. The second-order valence-corrected chi connectivity index (χ2v) is 18.9. The molecule has 3 saturated heterocycles. The molecule has 0 radical (unpaired) electrons. The Kier molecular flexibility index (Phi) is 14.0. The molecule has 4 heterocycles. The van der Waals surface area contributed by atoms with Crippen LogP contribution in [0.3, 0.4) is 0 Å². The zero-order valence-electron chi connectivity index (χ0n) is 35.8. The molecule has 5 unspecified atom stereocenters. The first-order chi connectivity index (χ1) is 27.4. The van der Waals surface area contributed by atoms with Crippen LogP contribution in [-0.2, 0) is 47.5 Å². The Balaban J connectivity index is 1.21. The summed E-state index contributed by atoms with van der Waals surface area (Å²) in [7, 11) is 6.96. The van der Waals surface area contributed by atoms with Gasteiger partial charge in [0.25, 0.3) is 0 Å². The number of methoxy groups -OCH3 is 3. The number of carbonyl (C=O) groups is 2. The SMILES string of the molecule is CC[C@H]1CCC[C@H](O[C@H]2CC[C@H](NC)C(C)O2)[C@@H](C)C(=O)C2=C[C@@H]3C(c4nc(C(C)C)sc4C4C[C@@H](O[C@@H]5OC(C)[C@H](OC)C(OC)[C@@H]5OC)C[C@H]43)[C@@H]2CC(=O)O1. The van der Waals surface area contributed by atoms with E-state index in [-0.39, 0.29) is 109 Å². The van der Waals surface area contributed by atoms with Gasteiger partial charge in [-0.3, -0.25) is 9.59 Å². The molecule has 13 heteroatoms. The van der Waals surface area contributed by atoms with Gasteiger partial charge in [-0.1, -0.05) is 33.8 Å². The van der Waals surface area contributed by atoms with Crippen LogP contribution in [0, 0.1) is 23.7 Å². The van der Waals surface area contributed by atoms with Crippen molar-refractivity contribution in [2.45, 2.75) is 185 Å². The molecular formula is C44H68N2O10S. The zero-order valence-corrected chi connectivity index (χ0v) is 36.6. The minimum absolute atomic E-state index is 0.00673. The molecule has 17 atom stereocenters.